The summed E-state index contributed by atoms with van der Waals surface area (Å²) in [4.78, 5) is 0. The van der Waals surface area contributed by atoms with Crippen molar-refractivity contribution in [1.29, 1.82) is 0 Å². The molecule has 0 amide bonds. The highest BCUT2D eigenvalue weighted by atomic mass is 16.7. The zero-order chi connectivity index (χ0) is 15.7. The summed E-state index contributed by atoms with van der Waals surface area (Å²) >= 11 is 0. The Balaban J connectivity index is 2.05. The van der Waals surface area contributed by atoms with Crippen LogP contribution in [0.4, 0.5) is 0 Å². The van der Waals surface area contributed by atoms with Gasteiger partial charge in [0.05, 0.1) is 24.9 Å². The van der Waals surface area contributed by atoms with Gasteiger partial charge < -0.3 is 45.5 Å². The van der Waals surface area contributed by atoms with Crippen LogP contribution < -0.4 is 5.73 Å². The molecule has 9 heteroatoms. The van der Waals surface area contributed by atoms with Crippen molar-refractivity contribution in [2.45, 2.75) is 68.6 Å². The van der Waals surface area contributed by atoms with E-state index in [1.54, 1.807) is 6.92 Å². The molecule has 2 rings (SSSR count). The van der Waals surface area contributed by atoms with Crippen molar-refractivity contribution < 1.29 is 39.7 Å². The Morgan fingerprint density at radius 3 is 2.43 bits per heavy atom. The number of rotatable bonds is 3. The molecule has 0 aromatic carbocycles. The Morgan fingerprint density at radius 2 is 1.81 bits per heavy atom. The highest BCUT2D eigenvalue weighted by Gasteiger charge is 2.46. The number of hydrogen-bond acceptors (Lipinski definition) is 9. The third kappa shape index (κ3) is 3.52. The van der Waals surface area contributed by atoms with Gasteiger partial charge in [-0.3, -0.25) is 0 Å². The van der Waals surface area contributed by atoms with Crippen molar-refractivity contribution in [2.75, 3.05) is 6.61 Å². The van der Waals surface area contributed by atoms with Crippen molar-refractivity contribution in [3.63, 3.8) is 0 Å². The molecule has 21 heavy (non-hydrogen) atoms. The Kier molecular flexibility index (Phi) is 5.52. The summed E-state index contributed by atoms with van der Waals surface area (Å²) in [5.74, 6) is 0. The average molecular weight is 309 g/mol. The molecule has 0 spiro atoms. The highest BCUT2D eigenvalue weighted by Crippen LogP contribution is 2.27. The van der Waals surface area contributed by atoms with Gasteiger partial charge in [0.2, 0.25) is 0 Å². The lowest BCUT2D eigenvalue weighted by atomic mass is 9.97. The van der Waals surface area contributed by atoms with Crippen LogP contribution in [0.1, 0.15) is 13.3 Å². The molecule has 7 N–H and O–H groups in total. The summed E-state index contributed by atoms with van der Waals surface area (Å²) in [6.45, 7) is 1.10. The minimum atomic E-state index is -1.42. The zero-order valence-electron chi connectivity index (χ0n) is 11.6. The predicted molar refractivity (Wildman–Crippen MR) is 67.8 cm³/mol. The fourth-order valence-electron chi connectivity index (χ4n) is 2.49. The summed E-state index contributed by atoms with van der Waals surface area (Å²) in [5.41, 5.74) is 5.73. The Hall–Kier alpha value is -0.360. The fourth-order valence-corrected chi connectivity index (χ4v) is 2.49. The average Bonchev–Trinajstić information content (AvgIpc) is 2.44. The molecular weight excluding hydrogens is 286 g/mol. The zero-order valence-corrected chi connectivity index (χ0v) is 11.6. The van der Waals surface area contributed by atoms with Crippen LogP contribution in [0.3, 0.4) is 0 Å². The van der Waals surface area contributed by atoms with E-state index >= 15 is 0 Å². The maximum atomic E-state index is 10.1. The standard InChI is InChI=1S/C12H23NO8/c1-4-5(15)2-6(16)12(19-4)21-10-8(13)11(18)20-7(3-14)9(10)17/h4-12,14-18H,2-3,13H2,1H3/t4-,5+,6+,7-,8-,9+,10-,11-,12+/m1/s1. The van der Waals surface area contributed by atoms with E-state index in [9.17, 15) is 20.4 Å². The molecule has 9 atom stereocenters. The third-order valence-electron chi connectivity index (χ3n) is 3.90. The van der Waals surface area contributed by atoms with Crippen molar-refractivity contribution >= 4 is 0 Å². The molecular formula is C12H23NO8. The van der Waals surface area contributed by atoms with Crippen LogP contribution >= 0.6 is 0 Å². The maximum absolute atomic E-state index is 10.1. The van der Waals surface area contributed by atoms with E-state index in [4.69, 9.17) is 25.1 Å². The van der Waals surface area contributed by atoms with Gasteiger partial charge in [-0.05, 0) is 6.92 Å². The van der Waals surface area contributed by atoms with Gasteiger partial charge in [0.1, 0.15) is 24.4 Å². The molecule has 124 valence electrons. The van der Waals surface area contributed by atoms with Crippen LogP contribution in [0.5, 0.6) is 0 Å². The molecule has 2 heterocycles. The van der Waals surface area contributed by atoms with Crippen LogP contribution in [-0.4, -0.2) is 87.4 Å². The topological polar surface area (TPSA) is 155 Å². The van der Waals surface area contributed by atoms with E-state index in [1.165, 1.54) is 0 Å². The van der Waals surface area contributed by atoms with Crippen molar-refractivity contribution in [3.8, 4) is 0 Å². The molecule has 0 saturated carbocycles. The maximum Gasteiger partial charge on any atom is 0.184 e. The lowest BCUT2D eigenvalue weighted by Gasteiger charge is -2.44. The molecule has 0 aliphatic carbocycles. The molecule has 2 aliphatic rings. The first-order valence-electron chi connectivity index (χ1n) is 6.90. The second-order valence-corrected chi connectivity index (χ2v) is 5.50. The number of hydrogen-bond donors (Lipinski definition) is 6. The van der Waals surface area contributed by atoms with Crippen LogP contribution in [0, 0.1) is 0 Å². The van der Waals surface area contributed by atoms with Gasteiger partial charge in [-0.15, -0.1) is 0 Å². The third-order valence-corrected chi connectivity index (χ3v) is 3.90. The van der Waals surface area contributed by atoms with Crippen molar-refractivity contribution in [2.24, 2.45) is 5.73 Å². The monoisotopic (exact) mass is 309 g/mol. The van der Waals surface area contributed by atoms with E-state index in [2.05, 4.69) is 0 Å². The Bertz CT molecular complexity index is 345. The first-order chi connectivity index (χ1) is 9.85. The number of aliphatic hydroxyl groups excluding tert-OH is 5. The smallest absolute Gasteiger partial charge is 0.184 e. The van der Waals surface area contributed by atoms with Crippen LogP contribution in [0.25, 0.3) is 0 Å². The second kappa shape index (κ2) is 6.82. The van der Waals surface area contributed by atoms with Gasteiger partial charge >= 0.3 is 0 Å². The normalized spacial score (nSPS) is 51.9. The molecule has 0 aromatic rings. The summed E-state index contributed by atoms with van der Waals surface area (Å²) in [6, 6.07) is -1.07. The van der Waals surface area contributed by atoms with Crippen LogP contribution in [0.15, 0.2) is 0 Å². The first kappa shape index (κ1) is 17.0. The Morgan fingerprint density at radius 1 is 1.14 bits per heavy atom. The SMILES string of the molecule is C[C@H]1O[C@@H](O[C@@H]2[C@@H](N)[C@H](O)O[C@H](CO)[C@@H]2O)[C@@H](O)C[C@@H]1O. The van der Waals surface area contributed by atoms with Gasteiger partial charge in [0, 0.05) is 6.42 Å². The molecule has 0 radical (unpaired) electrons. The number of nitrogens with two attached hydrogens (primary N) is 1. The summed E-state index contributed by atoms with van der Waals surface area (Å²) < 4.78 is 15.8. The van der Waals surface area contributed by atoms with Gasteiger partial charge in [-0.25, -0.2) is 0 Å². The number of ether oxygens (including phenoxy) is 3. The molecule has 9 nitrogen and oxygen atoms in total. The van der Waals surface area contributed by atoms with Gasteiger partial charge in [0.15, 0.2) is 12.6 Å². The highest BCUT2D eigenvalue weighted by molar-refractivity contribution is 4.93. The summed E-state index contributed by atoms with van der Waals surface area (Å²) in [6.07, 6.45) is -8.34. The summed E-state index contributed by atoms with van der Waals surface area (Å²) in [5, 5.41) is 48.3. The van der Waals surface area contributed by atoms with Gasteiger partial charge in [-0.2, -0.15) is 0 Å². The van der Waals surface area contributed by atoms with E-state index in [0.717, 1.165) is 0 Å². The second-order valence-electron chi connectivity index (χ2n) is 5.50. The fraction of sp³-hybridized carbons (Fsp3) is 1.00. The lowest BCUT2D eigenvalue weighted by Crippen LogP contribution is -2.64. The van der Waals surface area contributed by atoms with Crippen molar-refractivity contribution in [3.05, 3.63) is 0 Å². The molecule has 0 bridgehead atoms. The largest absolute Gasteiger partial charge is 0.394 e. The van der Waals surface area contributed by atoms with Crippen LogP contribution in [-0.2, 0) is 14.2 Å². The van der Waals surface area contributed by atoms with Crippen LogP contribution in [0.2, 0.25) is 0 Å². The molecule has 0 aromatic heterocycles. The van der Waals surface area contributed by atoms with E-state index in [-0.39, 0.29) is 6.42 Å². The molecule has 2 saturated heterocycles. The minimum absolute atomic E-state index is 0.0619. The van der Waals surface area contributed by atoms with Gasteiger partial charge in [-0.1, -0.05) is 0 Å². The Labute approximate surface area is 121 Å². The van der Waals surface area contributed by atoms with E-state index < -0.39 is 61.9 Å². The lowest BCUT2D eigenvalue weighted by molar-refractivity contribution is -0.320. The minimum Gasteiger partial charge on any atom is -0.394 e. The van der Waals surface area contributed by atoms with Gasteiger partial charge in [0.25, 0.3) is 0 Å². The number of aliphatic hydroxyl groups is 5. The van der Waals surface area contributed by atoms with E-state index in [1.807, 2.05) is 0 Å². The van der Waals surface area contributed by atoms with Crippen molar-refractivity contribution in [1.82, 2.24) is 0 Å². The molecule has 2 aliphatic heterocycles. The quantitative estimate of drug-likeness (QED) is 0.313. The molecule has 2 fully saturated rings. The van der Waals surface area contributed by atoms with E-state index in [0.29, 0.717) is 0 Å². The first-order valence-corrected chi connectivity index (χ1v) is 6.90. The summed E-state index contributed by atoms with van der Waals surface area (Å²) in [7, 11) is 0. The predicted octanol–water partition coefficient (Wildman–Crippen LogP) is -3.37. The molecule has 0 unspecified atom stereocenters.